The molecule has 0 spiro atoms. The Morgan fingerprint density at radius 2 is 1.89 bits per heavy atom. The van der Waals surface area contributed by atoms with Crippen molar-refractivity contribution in [3.8, 4) is 0 Å². The molecule has 0 saturated heterocycles. The van der Waals surface area contributed by atoms with Gasteiger partial charge in [-0.1, -0.05) is 19.5 Å². The fraction of sp³-hybridized carbons (Fsp3) is 0.429. The Kier molecular flexibility index (Phi) is 18.2. The summed E-state index contributed by atoms with van der Waals surface area (Å²) in [4.78, 5) is 0. The second-order valence-electron chi connectivity index (χ2n) is 4.53. The maximum Gasteiger partial charge on any atom is 4.00 e. The van der Waals surface area contributed by atoms with Gasteiger partial charge in [0.1, 0.15) is 0 Å². The van der Waals surface area contributed by atoms with Gasteiger partial charge in [0, 0.05) is 0 Å². The monoisotopic (exact) mass is 410 g/mol. The summed E-state index contributed by atoms with van der Waals surface area (Å²) < 4.78 is 0. The van der Waals surface area contributed by atoms with E-state index in [0.717, 1.165) is 19.3 Å². The van der Waals surface area contributed by atoms with Crippen molar-refractivity contribution < 1.29 is 51.0 Å². The van der Waals surface area contributed by atoms with Crippen LogP contribution in [0.2, 0.25) is 19.1 Å². The summed E-state index contributed by atoms with van der Waals surface area (Å²) >= 11 is 6.19. The Labute approximate surface area is 155 Å². The molecule has 0 radical (unpaired) electrons. The van der Waals surface area contributed by atoms with E-state index in [1.807, 2.05) is 12.2 Å². The van der Waals surface area contributed by atoms with Gasteiger partial charge < -0.3 is 24.8 Å². The predicted octanol–water partition coefficient (Wildman–Crippen LogP) is -1.18. The molecule has 2 aliphatic rings. The van der Waals surface area contributed by atoms with E-state index in [1.165, 1.54) is 11.6 Å². The third kappa shape index (κ3) is 15.1. The van der Waals surface area contributed by atoms with Crippen molar-refractivity contribution in [3.63, 3.8) is 0 Å². The number of halogens is 3. The molecular formula is C14H19Cl3SiZr. The third-order valence-electron chi connectivity index (χ3n) is 2.34. The fourth-order valence-electron chi connectivity index (χ4n) is 1.39. The summed E-state index contributed by atoms with van der Waals surface area (Å²) in [6.07, 6.45) is 19.7. The van der Waals surface area contributed by atoms with E-state index in [1.54, 1.807) is 0 Å². The van der Waals surface area contributed by atoms with Crippen LogP contribution in [0, 0.1) is 12.2 Å². The first-order valence-corrected chi connectivity index (χ1v) is 9.97. The van der Waals surface area contributed by atoms with Crippen molar-refractivity contribution >= 4 is 18.5 Å². The fourth-order valence-corrected chi connectivity index (χ4v) is 2.54. The molecule has 0 nitrogen and oxygen atoms in total. The average molecular weight is 413 g/mol. The Bertz CT molecular complexity index is 318. The number of hydrogen-bond donors (Lipinski definition) is 0. The molecule has 2 aliphatic carbocycles. The molecule has 0 aliphatic heterocycles. The van der Waals surface area contributed by atoms with Crippen LogP contribution in [0.5, 0.6) is 0 Å². The maximum atomic E-state index is 6.19. The minimum absolute atomic E-state index is 0. The topological polar surface area (TPSA) is 0 Å². The largest absolute Gasteiger partial charge is 4.00 e. The average Bonchev–Trinajstić information content (AvgIpc) is 2.90. The normalized spacial score (nSPS) is 14.6. The van der Waals surface area contributed by atoms with E-state index < -0.39 is 7.38 Å². The first-order valence-electron chi connectivity index (χ1n) is 5.75. The van der Waals surface area contributed by atoms with Crippen molar-refractivity contribution in [3.05, 3.63) is 48.1 Å². The van der Waals surface area contributed by atoms with Crippen molar-refractivity contribution in [2.24, 2.45) is 0 Å². The van der Waals surface area contributed by atoms with Crippen molar-refractivity contribution in [1.82, 2.24) is 0 Å². The van der Waals surface area contributed by atoms with Crippen molar-refractivity contribution in [2.75, 3.05) is 0 Å². The van der Waals surface area contributed by atoms with E-state index in [4.69, 9.17) is 11.1 Å². The molecule has 19 heavy (non-hydrogen) atoms. The van der Waals surface area contributed by atoms with Gasteiger partial charge in [-0.05, 0) is 6.04 Å². The zero-order valence-corrected chi connectivity index (χ0v) is 17.1. The quantitative estimate of drug-likeness (QED) is 0.311. The number of allylic oxidation sites excluding steroid dienone is 8. The van der Waals surface area contributed by atoms with Crippen LogP contribution < -0.4 is 24.8 Å². The summed E-state index contributed by atoms with van der Waals surface area (Å²) in [7, 11) is -1.35. The van der Waals surface area contributed by atoms with E-state index in [-0.39, 0.29) is 51.0 Å². The van der Waals surface area contributed by atoms with Gasteiger partial charge in [0.25, 0.3) is 0 Å². The molecule has 104 valence electrons. The van der Waals surface area contributed by atoms with Gasteiger partial charge in [-0.3, -0.25) is 12.2 Å². The van der Waals surface area contributed by atoms with Crippen LogP contribution in [0.15, 0.2) is 36.0 Å². The molecule has 0 aromatic carbocycles. The molecule has 0 bridgehead atoms. The van der Waals surface area contributed by atoms with Gasteiger partial charge in [-0.2, -0.15) is 23.2 Å². The predicted molar refractivity (Wildman–Crippen MR) is 74.8 cm³/mol. The first-order chi connectivity index (χ1) is 7.58. The Morgan fingerprint density at radius 3 is 2.21 bits per heavy atom. The molecule has 0 fully saturated rings. The van der Waals surface area contributed by atoms with Gasteiger partial charge in [-0.15, -0.1) is 12.8 Å². The molecule has 0 heterocycles. The number of rotatable bonds is 3. The van der Waals surface area contributed by atoms with Gasteiger partial charge in [0.15, 0.2) is 7.38 Å². The van der Waals surface area contributed by atoms with E-state index >= 15 is 0 Å². The molecule has 2 rings (SSSR count). The molecule has 0 saturated carbocycles. The molecular weight excluding hydrogens is 394 g/mol. The molecule has 0 aromatic rings. The van der Waals surface area contributed by atoms with E-state index in [0.29, 0.717) is 0 Å². The molecule has 0 N–H and O–H groups in total. The molecule has 0 amide bonds. The Morgan fingerprint density at radius 1 is 1.21 bits per heavy atom. The minimum atomic E-state index is -1.35. The molecule has 0 aromatic heterocycles. The number of hydrogen-bond acceptors (Lipinski definition) is 0. The maximum absolute atomic E-state index is 6.19. The van der Waals surface area contributed by atoms with Gasteiger partial charge in [0.2, 0.25) is 0 Å². The summed E-state index contributed by atoms with van der Waals surface area (Å²) in [6, 6.07) is 1.17. The zero-order valence-electron chi connectivity index (χ0n) is 11.3. The van der Waals surface area contributed by atoms with Gasteiger partial charge in [0.05, 0.1) is 0 Å². The van der Waals surface area contributed by atoms with Crippen LogP contribution in [0.1, 0.15) is 19.3 Å². The van der Waals surface area contributed by atoms with Crippen LogP contribution in [0.25, 0.3) is 0 Å². The van der Waals surface area contributed by atoms with E-state index in [9.17, 15) is 0 Å². The second-order valence-corrected chi connectivity index (χ2v) is 11.5. The second kappa shape index (κ2) is 13.9. The van der Waals surface area contributed by atoms with Crippen molar-refractivity contribution in [2.45, 2.75) is 38.4 Å². The SMILES string of the molecule is C[Si](C)(Cl)CCC1=[C-]CC=C1.[C-]1=CC=CC1.[Cl-].[Cl-].[Zr+4]. The van der Waals surface area contributed by atoms with Gasteiger partial charge in [-0.25, -0.2) is 23.8 Å². The standard InChI is InChI=1S/C9H14ClSi.C5H5.2ClH.Zr/c1-11(2,10)8-7-9-5-3-4-6-9;1-2-4-5-3-1;;;/h3,5H,4,7-8H2,1-2H3;1-3H,4H2;2*1H;/q2*-1;;;+4/p-2. The molecule has 0 atom stereocenters. The molecule has 0 unspecified atom stereocenters. The van der Waals surface area contributed by atoms with Crippen LogP contribution in [-0.2, 0) is 26.2 Å². The summed E-state index contributed by atoms with van der Waals surface area (Å²) in [5.74, 6) is 0. The first kappa shape index (κ1) is 24.9. The van der Waals surface area contributed by atoms with Crippen LogP contribution in [0.3, 0.4) is 0 Å². The smallest absolute Gasteiger partial charge is 1.00 e. The summed E-state index contributed by atoms with van der Waals surface area (Å²) in [6.45, 7) is 4.38. The minimum Gasteiger partial charge on any atom is -1.00 e. The van der Waals surface area contributed by atoms with Crippen molar-refractivity contribution in [1.29, 1.82) is 0 Å². The summed E-state index contributed by atoms with van der Waals surface area (Å²) in [5.41, 5.74) is 1.35. The third-order valence-corrected chi connectivity index (χ3v) is 4.35. The zero-order chi connectivity index (χ0) is 11.9. The molecule has 5 heteroatoms. The van der Waals surface area contributed by atoms with Crippen LogP contribution >= 0.6 is 11.1 Å². The Hall–Kier alpha value is 0.930. The van der Waals surface area contributed by atoms with E-state index in [2.05, 4.69) is 43.5 Å². The Balaban J connectivity index is -0.000000277. The van der Waals surface area contributed by atoms with Crippen LogP contribution in [0.4, 0.5) is 0 Å². The van der Waals surface area contributed by atoms with Crippen LogP contribution in [-0.4, -0.2) is 7.38 Å². The summed E-state index contributed by atoms with van der Waals surface area (Å²) in [5, 5.41) is 0. The van der Waals surface area contributed by atoms with Gasteiger partial charge >= 0.3 is 26.2 Å².